The molecular weight excluding hydrogens is 446 g/mol. The van der Waals surface area contributed by atoms with Gasteiger partial charge in [-0.3, -0.25) is 9.59 Å². The van der Waals surface area contributed by atoms with Crippen molar-refractivity contribution in [1.29, 1.82) is 0 Å². The van der Waals surface area contributed by atoms with Crippen LogP contribution in [-0.2, 0) is 35.5 Å². The van der Waals surface area contributed by atoms with Gasteiger partial charge in [-0.2, -0.15) is 4.31 Å². The van der Waals surface area contributed by atoms with Gasteiger partial charge in [-0.05, 0) is 36.2 Å². The van der Waals surface area contributed by atoms with Crippen molar-refractivity contribution in [3.8, 4) is 0 Å². The van der Waals surface area contributed by atoms with E-state index in [0.29, 0.717) is 24.5 Å². The number of morpholine rings is 1. The second-order valence-electron chi connectivity index (χ2n) is 7.74. The SMILES string of the molecule is Cc1ccc(S(=O)(=O)N2CCOCC2)cc1NC(=O)COC(=O)Cc1c[nH]c2ccccc12. The van der Waals surface area contributed by atoms with Gasteiger partial charge in [0.1, 0.15) is 0 Å². The predicted octanol–water partition coefficient (Wildman–Crippen LogP) is 2.22. The first kappa shape index (κ1) is 23.0. The van der Waals surface area contributed by atoms with Crippen molar-refractivity contribution >= 4 is 38.5 Å². The molecule has 0 spiro atoms. The summed E-state index contributed by atoms with van der Waals surface area (Å²) in [5, 5.41) is 3.56. The van der Waals surface area contributed by atoms with Gasteiger partial charge in [-0.25, -0.2) is 8.42 Å². The number of nitrogens with zero attached hydrogens (tertiary/aromatic N) is 1. The lowest BCUT2D eigenvalue weighted by atomic mass is 10.1. The van der Waals surface area contributed by atoms with Crippen molar-refractivity contribution in [2.24, 2.45) is 0 Å². The van der Waals surface area contributed by atoms with Crippen LogP contribution in [0, 0.1) is 6.92 Å². The molecule has 1 aliphatic rings. The first-order chi connectivity index (χ1) is 15.8. The Kier molecular flexibility index (Phi) is 6.77. The molecule has 0 radical (unpaired) electrons. The van der Waals surface area contributed by atoms with Gasteiger partial charge < -0.3 is 19.8 Å². The molecule has 1 saturated heterocycles. The Morgan fingerprint density at radius 2 is 1.91 bits per heavy atom. The van der Waals surface area contributed by atoms with Crippen molar-refractivity contribution in [2.45, 2.75) is 18.2 Å². The van der Waals surface area contributed by atoms with Gasteiger partial charge in [0, 0.05) is 35.9 Å². The van der Waals surface area contributed by atoms with Gasteiger partial charge in [0.15, 0.2) is 6.61 Å². The number of aryl methyl sites for hydroxylation is 1. The van der Waals surface area contributed by atoms with Gasteiger partial charge >= 0.3 is 5.97 Å². The molecule has 1 aromatic heterocycles. The van der Waals surface area contributed by atoms with Crippen molar-refractivity contribution in [3.63, 3.8) is 0 Å². The second-order valence-corrected chi connectivity index (χ2v) is 9.68. The minimum absolute atomic E-state index is 0.0313. The number of carbonyl (C=O) groups is 2. The van der Waals surface area contributed by atoms with Crippen LogP contribution < -0.4 is 5.32 Å². The number of aromatic nitrogens is 1. The highest BCUT2D eigenvalue weighted by Crippen LogP contribution is 2.24. The largest absolute Gasteiger partial charge is 0.455 e. The highest BCUT2D eigenvalue weighted by atomic mass is 32.2. The number of ether oxygens (including phenoxy) is 2. The van der Waals surface area contributed by atoms with E-state index in [1.165, 1.54) is 16.4 Å². The molecule has 1 aliphatic heterocycles. The van der Waals surface area contributed by atoms with Crippen LogP contribution in [0.25, 0.3) is 10.9 Å². The fourth-order valence-corrected chi connectivity index (χ4v) is 5.08. The van der Waals surface area contributed by atoms with Crippen LogP contribution in [0.3, 0.4) is 0 Å². The number of amides is 1. The predicted molar refractivity (Wildman–Crippen MR) is 122 cm³/mol. The van der Waals surface area contributed by atoms with E-state index in [4.69, 9.17) is 9.47 Å². The minimum Gasteiger partial charge on any atom is -0.455 e. The smallest absolute Gasteiger partial charge is 0.310 e. The van der Waals surface area contributed by atoms with E-state index >= 15 is 0 Å². The Balaban J connectivity index is 1.37. The van der Waals surface area contributed by atoms with Crippen LogP contribution >= 0.6 is 0 Å². The summed E-state index contributed by atoms with van der Waals surface area (Å²) < 4.78 is 37.5. The molecule has 0 aliphatic carbocycles. The number of rotatable bonds is 7. The Morgan fingerprint density at radius 3 is 2.70 bits per heavy atom. The Labute approximate surface area is 191 Å². The topological polar surface area (TPSA) is 118 Å². The van der Waals surface area contributed by atoms with Crippen LogP contribution in [-0.4, -0.2) is 62.5 Å². The first-order valence-corrected chi connectivity index (χ1v) is 12.0. The average Bonchev–Trinajstić information content (AvgIpc) is 3.22. The highest BCUT2D eigenvalue weighted by Gasteiger charge is 2.27. The molecule has 0 bridgehead atoms. The summed E-state index contributed by atoms with van der Waals surface area (Å²) in [5.41, 5.74) is 2.74. The van der Waals surface area contributed by atoms with Crippen LogP contribution in [0.1, 0.15) is 11.1 Å². The normalized spacial score (nSPS) is 14.8. The van der Waals surface area contributed by atoms with Gasteiger partial charge in [0.05, 0.1) is 24.5 Å². The number of sulfonamides is 1. The number of esters is 1. The summed E-state index contributed by atoms with van der Waals surface area (Å²) in [4.78, 5) is 27.8. The molecule has 10 heteroatoms. The molecule has 0 unspecified atom stereocenters. The highest BCUT2D eigenvalue weighted by molar-refractivity contribution is 7.89. The fraction of sp³-hybridized carbons (Fsp3) is 0.304. The second kappa shape index (κ2) is 9.74. The molecule has 0 atom stereocenters. The Bertz CT molecular complexity index is 1280. The lowest BCUT2D eigenvalue weighted by Gasteiger charge is -2.26. The monoisotopic (exact) mass is 471 g/mol. The number of hydrogen-bond acceptors (Lipinski definition) is 6. The molecule has 2 N–H and O–H groups in total. The lowest BCUT2D eigenvalue weighted by Crippen LogP contribution is -2.40. The maximum absolute atomic E-state index is 12.9. The number of fused-ring (bicyclic) bond motifs is 1. The number of hydrogen-bond donors (Lipinski definition) is 2. The number of carbonyl (C=O) groups excluding carboxylic acids is 2. The average molecular weight is 472 g/mol. The van der Waals surface area contributed by atoms with Crippen molar-refractivity contribution in [3.05, 3.63) is 59.8 Å². The van der Waals surface area contributed by atoms with Crippen LogP contribution in [0.4, 0.5) is 5.69 Å². The molecule has 9 nitrogen and oxygen atoms in total. The summed E-state index contributed by atoms with van der Waals surface area (Å²) in [5.74, 6) is -1.08. The molecule has 2 heterocycles. The van der Waals surface area contributed by atoms with E-state index < -0.39 is 28.5 Å². The van der Waals surface area contributed by atoms with E-state index in [0.717, 1.165) is 16.5 Å². The van der Waals surface area contributed by atoms with Crippen molar-refractivity contribution < 1.29 is 27.5 Å². The molecule has 4 rings (SSSR count). The van der Waals surface area contributed by atoms with E-state index in [9.17, 15) is 18.0 Å². The summed E-state index contributed by atoms with van der Waals surface area (Å²) in [6.07, 6.45) is 1.78. The number of para-hydroxylation sites is 1. The Hall–Kier alpha value is -3.21. The molecule has 1 amide bonds. The van der Waals surface area contributed by atoms with Crippen molar-refractivity contribution in [1.82, 2.24) is 9.29 Å². The minimum atomic E-state index is -3.70. The molecular formula is C23H25N3O6S. The number of nitrogens with one attached hydrogen (secondary N) is 2. The first-order valence-electron chi connectivity index (χ1n) is 10.5. The molecule has 2 aromatic carbocycles. The molecule has 3 aromatic rings. The van der Waals surface area contributed by atoms with Crippen LogP contribution in [0.15, 0.2) is 53.6 Å². The number of benzene rings is 2. The maximum atomic E-state index is 12.9. The maximum Gasteiger partial charge on any atom is 0.310 e. The fourth-order valence-electron chi connectivity index (χ4n) is 3.65. The standard InChI is InChI=1S/C23H25N3O6S/c1-16-6-7-18(33(29,30)26-8-10-31-11-9-26)13-21(16)25-22(27)15-32-23(28)12-17-14-24-20-5-3-2-4-19(17)20/h2-7,13-14,24H,8-12,15H2,1H3,(H,25,27). The van der Waals surface area contributed by atoms with E-state index in [2.05, 4.69) is 10.3 Å². The van der Waals surface area contributed by atoms with E-state index in [1.54, 1.807) is 19.2 Å². The quantitative estimate of drug-likeness (QED) is 0.510. The third-order valence-corrected chi connectivity index (χ3v) is 7.36. The van der Waals surface area contributed by atoms with Gasteiger partial charge in [-0.15, -0.1) is 0 Å². The zero-order chi connectivity index (χ0) is 23.4. The zero-order valence-corrected chi connectivity index (χ0v) is 19.0. The lowest BCUT2D eigenvalue weighted by molar-refractivity contribution is -0.146. The zero-order valence-electron chi connectivity index (χ0n) is 18.2. The number of H-pyrrole nitrogens is 1. The van der Waals surface area contributed by atoms with Crippen molar-refractivity contribution in [2.75, 3.05) is 38.2 Å². The van der Waals surface area contributed by atoms with Crippen LogP contribution in [0.5, 0.6) is 0 Å². The van der Waals surface area contributed by atoms with Gasteiger partial charge in [0.2, 0.25) is 10.0 Å². The summed E-state index contributed by atoms with van der Waals surface area (Å²) in [6.45, 7) is 2.54. The number of aromatic amines is 1. The molecule has 174 valence electrons. The molecule has 1 fully saturated rings. The van der Waals surface area contributed by atoms with Gasteiger partial charge in [-0.1, -0.05) is 24.3 Å². The number of anilines is 1. The third kappa shape index (κ3) is 5.24. The third-order valence-electron chi connectivity index (χ3n) is 5.46. The summed E-state index contributed by atoms with van der Waals surface area (Å²) in [6, 6.07) is 12.2. The molecule has 33 heavy (non-hydrogen) atoms. The van der Waals surface area contributed by atoms with Gasteiger partial charge in [0.25, 0.3) is 5.91 Å². The van der Waals surface area contributed by atoms with Crippen LogP contribution in [0.2, 0.25) is 0 Å². The Morgan fingerprint density at radius 1 is 1.15 bits per heavy atom. The van der Waals surface area contributed by atoms with E-state index in [1.807, 2.05) is 24.3 Å². The molecule has 0 saturated carbocycles. The van der Waals surface area contributed by atoms with E-state index in [-0.39, 0.29) is 24.4 Å². The summed E-state index contributed by atoms with van der Waals surface area (Å²) in [7, 11) is -3.70. The summed E-state index contributed by atoms with van der Waals surface area (Å²) >= 11 is 0.